The summed E-state index contributed by atoms with van der Waals surface area (Å²) in [6.45, 7) is 0. The van der Waals surface area contributed by atoms with Gasteiger partial charge in [-0.3, -0.25) is 14.8 Å². The lowest BCUT2D eigenvalue weighted by Gasteiger charge is -2.45. The van der Waals surface area contributed by atoms with Crippen LogP contribution in [0.2, 0.25) is 0 Å². The standard InChI is InChI=1S/C18H13NO3/c20-17-15-13-9-5-1-2-6-10(9)14(16(15)18(21)19(17)22)12-8-4-3-7-11(12)13/h1-8,13-16,22H. The van der Waals surface area contributed by atoms with Crippen LogP contribution in [0.15, 0.2) is 48.5 Å². The van der Waals surface area contributed by atoms with Crippen molar-refractivity contribution in [2.45, 2.75) is 11.8 Å². The fraction of sp³-hybridized carbons (Fsp3) is 0.222. The summed E-state index contributed by atoms with van der Waals surface area (Å²) in [6, 6.07) is 16.0. The second-order valence-corrected chi connectivity index (χ2v) is 6.25. The Balaban J connectivity index is 1.86. The molecule has 1 N–H and O–H groups in total. The highest BCUT2D eigenvalue weighted by Crippen LogP contribution is 2.60. The van der Waals surface area contributed by atoms with Crippen molar-refractivity contribution in [3.8, 4) is 0 Å². The summed E-state index contributed by atoms with van der Waals surface area (Å²) in [5.74, 6) is -2.17. The molecule has 2 aromatic carbocycles. The van der Waals surface area contributed by atoms with Crippen LogP contribution in [0.3, 0.4) is 0 Å². The lowest BCUT2D eigenvalue weighted by molar-refractivity contribution is -0.173. The number of benzene rings is 2. The van der Waals surface area contributed by atoms with Crippen LogP contribution in [0.5, 0.6) is 0 Å². The molecule has 2 unspecified atom stereocenters. The Morgan fingerprint density at radius 2 is 1.00 bits per heavy atom. The molecule has 22 heavy (non-hydrogen) atoms. The van der Waals surface area contributed by atoms with E-state index in [1.54, 1.807) is 0 Å². The number of hydrogen-bond donors (Lipinski definition) is 1. The Bertz CT molecular complexity index is 728. The third kappa shape index (κ3) is 1.19. The molecule has 4 aliphatic rings. The predicted octanol–water partition coefficient (Wildman–Crippen LogP) is 2.27. The second-order valence-electron chi connectivity index (χ2n) is 6.25. The molecule has 0 saturated carbocycles. The normalized spacial score (nSPS) is 31.0. The highest BCUT2D eigenvalue weighted by molar-refractivity contribution is 6.06. The lowest BCUT2D eigenvalue weighted by Crippen LogP contribution is -2.41. The molecule has 3 aliphatic carbocycles. The molecule has 4 nitrogen and oxygen atoms in total. The zero-order valence-corrected chi connectivity index (χ0v) is 11.6. The number of carbonyl (C=O) groups is 2. The smallest absolute Gasteiger partial charge is 0.258 e. The SMILES string of the molecule is O=C1C2C3c4ccccc4C(c4ccccc43)C2C(=O)N1O. The molecule has 4 heteroatoms. The van der Waals surface area contributed by atoms with Gasteiger partial charge in [0.25, 0.3) is 11.8 Å². The number of carbonyl (C=O) groups excluding carboxylic acids is 2. The van der Waals surface area contributed by atoms with E-state index in [2.05, 4.69) is 0 Å². The van der Waals surface area contributed by atoms with Crippen LogP contribution >= 0.6 is 0 Å². The number of nitrogens with zero attached hydrogens (tertiary/aromatic N) is 1. The zero-order valence-electron chi connectivity index (χ0n) is 11.6. The van der Waals surface area contributed by atoms with Gasteiger partial charge in [-0.2, -0.15) is 5.06 Å². The first-order valence-electron chi connectivity index (χ1n) is 7.44. The molecule has 2 amide bonds. The highest BCUT2D eigenvalue weighted by Gasteiger charge is 2.61. The summed E-state index contributed by atoms with van der Waals surface area (Å²) in [7, 11) is 0. The average Bonchev–Trinajstić information content (AvgIpc) is 2.80. The number of rotatable bonds is 0. The molecule has 0 spiro atoms. The Morgan fingerprint density at radius 1 is 0.682 bits per heavy atom. The first kappa shape index (κ1) is 12.1. The molecule has 0 radical (unpaired) electrons. The van der Waals surface area contributed by atoms with Gasteiger partial charge in [-0.1, -0.05) is 48.5 Å². The maximum Gasteiger partial charge on any atom is 0.258 e. The van der Waals surface area contributed by atoms with Crippen LogP contribution in [-0.2, 0) is 9.59 Å². The summed E-state index contributed by atoms with van der Waals surface area (Å²) in [4.78, 5) is 24.8. The van der Waals surface area contributed by atoms with E-state index in [0.29, 0.717) is 5.06 Å². The van der Waals surface area contributed by atoms with E-state index < -0.39 is 23.7 Å². The van der Waals surface area contributed by atoms with Crippen molar-refractivity contribution >= 4 is 11.8 Å². The molecule has 108 valence electrons. The molecule has 2 aromatic rings. The first-order chi connectivity index (χ1) is 10.7. The van der Waals surface area contributed by atoms with Gasteiger partial charge in [0, 0.05) is 11.8 Å². The fourth-order valence-electron chi connectivity index (χ4n) is 4.66. The van der Waals surface area contributed by atoms with Crippen LogP contribution in [0, 0.1) is 11.8 Å². The minimum absolute atomic E-state index is 0.143. The van der Waals surface area contributed by atoms with Crippen LogP contribution in [0.25, 0.3) is 0 Å². The maximum atomic E-state index is 12.4. The molecule has 1 aliphatic heterocycles. The van der Waals surface area contributed by atoms with E-state index in [-0.39, 0.29) is 11.8 Å². The Labute approximate surface area is 126 Å². The van der Waals surface area contributed by atoms with Crippen LogP contribution in [-0.4, -0.2) is 22.1 Å². The molecule has 2 bridgehead atoms. The number of amides is 2. The summed E-state index contributed by atoms with van der Waals surface area (Å²) in [6.07, 6.45) is 0. The first-order valence-corrected chi connectivity index (χ1v) is 7.44. The van der Waals surface area contributed by atoms with E-state index in [1.807, 2.05) is 48.5 Å². The van der Waals surface area contributed by atoms with E-state index in [9.17, 15) is 14.8 Å². The van der Waals surface area contributed by atoms with Gasteiger partial charge in [-0.15, -0.1) is 0 Å². The van der Waals surface area contributed by atoms with Gasteiger partial charge in [-0.25, -0.2) is 0 Å². The topological polar surface area (TPSA) is 57.6 Å². The Hall–Kier alpha value is -2.46. The molecule has 1 fully saturated rings. The van der Waals surface area contributed by atoms with Crippen molar-refractivity contribution in [1.82, 2.24) is 5.06 Å². The van der Waals surface area contributed by atoms with Gasteiger partial charge < -0.3 is 0 Å². The molecule has 6 rings (SSSR count). The van der Waals surface area contributed by atoms with Gasteiger partial charge in [0.15, 0.2) is 0 Å². The Kier molecular flexibility index (Phi) is 2.12. The van der Waals surface area contributed by atoms with Crippen molar-refractivity contribution < 1.29 is 14.8 Å². The van der Waals surface area contributed by atoms with Crippen molar-refractivity contribution in [1.29, 1.82) is 0 Å². The number of imide groups is 1. The van der Waals surface area contributed by atoms with Gasteiger partial charge in [0.2, 0.25) is 0 Å². The molecular formula is C18H13NO3. The van der Waals surface area contributed by atoms with Gasteiger partial charge in [-0.05, 0) is 22.3 Å². The third-order valence-electron chi connectivity index (χ3n) is 5.43. The minimum Gasteiger partial charge on any atom is -0.278 e. The van der Waals surface area contributed by atoms with Gasteiger partial charge in [0.1, 0.15) is 0 Å². The molecular weight excluding hydrogens is 278 g/mol. The van der Waals surface area contributed by atoms with Gasteiger partial charge in [0.05, 0.1) is 11.8 Å². The number of hydrogen-bond acceptors (Lipinski definition) is 3. The maximum absolute atomic E-state index is 12.4. The van der Waals surface area contributed by atoms with E-state index in [1.165, 1.54) is 0 Å². The quantitative estimate of drug-likeness (QED) is 0.598. The number of hydroxylamine groups is 2. The summed E-state index contributed by atoms with van der Waals surface area (Å²) >= 11 is 0. The largest absolute Gasteiger partial charge is 0.278 e. The van der Waals surface area contributed by atoms with Crippen molar-refractivity contribution in [2.24, 2.45) is 11.8 Å². The van der Waals surface area contributed by atoms with Crippen molar-refractivity contribution in [3.63, 3.8) is 0 Å². The van der Waals surface area contributed by atoms with Crippen molar-refractivity contribution in [2.75, 3.05) is 0 Å². The second kappa shape index (κ2) is 3.84. The van der Waals surface area contributed by atoms with E-state index in [4.69, 9.17) is 0 Å². The van der Waals surface area contributed by atoms with Crippen LogP contribution < -0.4 is 0 Å². The molecule has 1 heterocycles. The summed E-state index contributed by atoms with van der Waals surface area (Å²) < 4.78 is 0. The van der Waals surface area contributed by atoms with Crippen LogP contribution in [0.1, 0.15) is 34.1 Å². The minimum atomic E-state index is -0.479. The van der Waals surface area contributed by atoms with Crippen molar-refractivity contribution in [3.05, 3.63) is 70.8 Å². The fourth-order valence-corrected chi connectivity index (χ4v) is 4.66. The molecule has 0 aromatic heterocycles. The van der Waals surface area contributed by atoms with Gasteiger partial charge >= 0.3 is 0 Å². The predicted molar refractivity (Wildman–Crippen MR) is 77.2 cm³/mol. The monoisotopic (exact) mass is 291 g/mol. The molecule has 2 atom stereocenters. The highest BCUT2D eigenvalue weighted by atomic mass is 16.5. The average molecular weight is 291 g/mol. The summed E-state index contributed by atoms with van der Waals surface area (Å²) in [5, 5.41) is 10.2. The third-order valence-corrected chi connectivity index (χ3v) is 5.43. The summed E-state index contributed by atoms with van der Waals surface area (Å²) in [5.41, 5.74) is 4.46. The van der Waals surface area contributed by atoms with Crippen LogP contribution in [0.4, 0.5) is 0 Å². The molecule has 1 saturated heterocycles. The lowest BCUT2D eigenvalue weighted by atomic mass is 9.55. The van der Waals surface area contributed by atoms with E-state index in [0.717, 1.165) is 22.3 Å². The van der Waals surface area contributed by atoms with E-state index >= 15 is 0 Å². The zero-order chi connectivity index (χ0) is 15.0. The Morgan fingerprint density at radius 3 is 1.32 bits per heavy atom.